The number of hydrogen-bond acceptors (Lipinski definition) is 3. The van der Waals surface area contributed by atoms with Crippen molar-refractivity contribution in [1.29, 1.82) is 0 Å². The second-order valence-corrected chi connectivity index (χ2v) is 4.37. The standard InChI is InChI=1S/C13H16N2O2/c1-9-4-2-5-10(13(9)14)8-15-11(16)6-3-7-12(15)17/h2,4-5H,3,6-8,14H2,1H3. The SMILES string of the molecule is Cc1cccc(CN2C(=O)CCCC2=O)c1N. The van der Waals surface area contributed by atoms with Crippen LogP contribution < -0.4 is 5.73 Å². The quantitative estimate of drug-likeness (QED) is 0.622. The lowest BCUT2D eigenvalue weighted by molar-refractivity contribution is -0.148. The molecule has 0 radical (unpaired) electrons. The molecule has 1 aromatic carbocycles. The molecule has 2 N–H and O–H groups in total. The highest BCUT2D eigenvalue weighted by atomic mass is 16.2. The van der Waals surface area contributed by atoms with E-state index in [0.717, 1.165) is 11.1 Å². The molecule has 1 aliphatic heterocycles. The van der Waals surface area contributed by atoms with Gasteiger partial charge in [-0.15, -0.1) is 0 Å². The summed E-state index contributed by atoms with van der Waals surface area (Å²) in [6.45, 7) is 2.21. The van der Waals surface area contributed by atoms with Crippen molar-refractivity contribution >= 4 is 17.5 Å². The van der Waals surface area contributed by atoms with Crippen molar-refractivity contribution in [2.45, 2.75) is 32.7 Å². The fraction of sp³-hybridized carbons (Fsp3) is 0.385. The smallest absolute Gasteiger partial charge is 0.229 e. The summed E-state index contributed by atoms with van der Waals surface area (Å²) in [6.07, 6.45) is 1.58. The minimum atomic E-state index is -0.0952. The van der Waals surface area contributed by atoms with Gasteiger partial charge in [0, 0.05) is 18.5 Å². The van der Waals surface area contributed by atoms with Gasteiger partial charge in [0.1, 0.15) is 0 Å². The normalized spacial score (nSPS) is 16.4. The number of carbonyl (C=O) groups excluding carboxylic acids is 2. The van der Waals surface area contributed by atoms with Gasteiger partial charge in [-0.1, -0.05) is 18.2 Å². The van der Waals surface area contributed by atoms with E-state index in [1.165, 1.54) is 4.90 Å². The topological polar surface area (TPSA) is 63.4 Å². The molecule has 1 aliphatic rings. The molecule has 1 fully saturated rings. The number of imide groups is 1. The van der Waals surface area contributed by atoms with E-state index in [1.54, 1.807) is 0 Å². The van der Waals surface area contributed by atoms with Crippen LogP contribution in [0.4, 0.5) is 5.69 Å². The molecule has 0 atom stereocenters. The van der Waals surface area contributed by atoms with Gasteiger partial charge in [0.15, 0.2) is 0 Å². The van der Waals surface area contributed by atoms with E-state index in [9.17, 15) is 9.59 Å². The van der Waals surface area contributed by atoms with Crippen molar-refractivity contribution in [2.75, 3.05) is 5.73 Å². The maximum absolute atomic E-state index is 11.7. The number of para-hydroxylation sites is 1. The molecule has 1 heterocycles. The number of piperidine rings is 1. The molecule has 0 spiro atoms. The predicted molar refractivity (Wildman–Crippen MR) is 65.0 cm³/mol. The van der Waals surface area contributed by atoms with Gasteiger partial charge in [0.05, 0.1) is 6.54 Å². The Balaban J connectivity index is 2.22. The number of nitrogens with zero attached hydrogens (tertiary/aromatic N) is 1. The first-order valence-electron chi connectivity index (χ1n) is 5.77. The zero-order valence-corrected chi connectivity index (χ0v) is 9.90. The summed E-state index contributed by atoms with van der Waals surface area (Å²) in [7, 11) is 0. The minimum absolute atomic E-state index is 0.0952. The summed E-state index contributed by atoms with van der Waals surface area (Å²) in [5, 5.41) is 0. The molecule has 1 aromatic rings. The Morgan fingerprint density at radius 3 is 2.53 bits per heavy atom. The molecule has 2 amide bonds. The van der Waals surface area contributed by atoms with Crippen LogP contribution in [0.1, 0.15) is 30.4 Å². The summed E-state index contributed by atoms with van der Waals surface area (Å²) in [5.41, 5.74) is 8.42. The van der Waals surface area contributed by atoms with E-state index in [4.69, 9.17) is 5.73 Å². The average molecular weight is 232 g/mol. The third-order valence-corrected chi connectivity index (χ3v) is 3.13. The van der Waals surface area contributed by atoms with Crippen LogP contribution in [0.15, 0.2) is 18.2 Å². The second kappa shape index (κ2) is 4.57. The highest BCUT2D eigenvalue weighted by Crippen LogP contribution is 2.21. The molecule has 4 nitrogen and oxygen atoms in total. The van der Waals surface area contributed by atoms with Crippen molar-refractivity contribution < 1.29 is 9.59 Å². The number of nitrogen functional groups attached to an aromatic ring is 1. The minimum Gasteiger partial charge on any atom is -0.398 e. The van der Waals surface area contributed by atoms with Crippen molar-refractivity contribution in [2.24, 2.45) is 0 Å². The monoisotopic (exact) mass is 232 g/mol. The molecule has 1 saturated heterocycles. The molecule has 4 heteroatoms. The van der Waals surface area contributed by atoms with Crippen LogP contribution >= 0.6 is 0 Å². The van der Waals surface area contributed by atoms with Gasteiger partial charge in [-0.3, -0.25) is 14.5 Å². The molecule has 0 aromatic heterocycles. The van der Waals surface area contributed by atoms with Crippen LogP contribution in [0.25, 0.3) is 0 Å². The van der Waals surface area contributed by atoms with Crippen LogP contribution in [-0.4, -0.2) is 16.7 Å². The highest BCUT2D eigenvalue weighted by Gasteiger charge is 2.26. The number of rotatable bonds is 2. The van der Waals surface area contributed by atoms with Gasteiger partial charge >= 0.3 is 0 Å². The van der Waals surface area contributed by atoms with Crippen LogP contribution in [0.3, 0.4) is 0 Å². The van der Waals surface area contributed by atoms with E-state index in [2.05, 4.69) is 0 Å². The number of benzene rings is 1. The summed E-state index contributed by atoms with van der Waals surface area (Å²) < 4.78 is 0. The van der Waals surface area contributed by atoms with Crippen LogP contribution in [0.5, 0.6) is 0 Å². The van der Waals surface area contributed by atoms with Crippen molar-refractivity contribution in [1.82, 2.24) is 4.90 Å². The third-order valence-electron chi connectivity index (χ3n) is 3.13. The summed E-state index contributed by atoms with van der Waals surface area (Å²) in [4.78, 5) is 24.7. The number of hydrogen-bond donors (Lipinski definition) is 1. The number of amides is 2. The fourth-order valence-corrected chi connectivity index (χ4v) is 2.03. The van der Waals surface area contributed by atoms with Gasteiger partial charge in [0.2, 0.25) is 11.8 Å². The highest BCUT2D eigenvalue weighted by molar-refractivity contribution is 5.97. The second-order valence-electron chi connectivity index (χ2n) is 4.37. The first kappa shape index (κ1) is 11.6. The maximum atomic E-state index is 11.7. The Labute approximate surface area is 100 Å². The van der Waals surface area contributed by atoms with Crippen LogP contribution in [0.2, 0.25) is 0 Å². The molecule has 17 heavy (non-hydrogen) atoms. The van der Waals surface area contributed by atoms with Gasteiger partial charge in [-0.25, -0.2) is 0 Å². The number of likely N-dealkylation sites (tertiary alicyclic amines) is 1. The summed E-state index contributed by atoms with van der Waals surface area (Å²) >= 11 is 0. The van der Waals surface area contributed by atoms with E-state index in [1.807, 2.05) is 25.1 Å². The molecule has 90 valence electrons. The van der Waals surface area contributed by atoms with Crippen molar-refractivity contribution in [3.8, 4) is 0 Å². The van der Waals surface area contributed by atoms with Crippen LogP contribution in [0, 0.1) is 6.92 Å². The Kier molecular flexibility index (Phi) is 3.13. The van der Waals surface area contributed by atoms with Gasteiger partial charge in [-0.05, 0) is 24.5 Å². The first-order valence-corrected chi connectivity index (χ1v) is 5.77. The molecule has 0 unspecified atom stereocenters. The molecular weight excluding hydrogens is 216 g/mol. The zero-order chi connectivity index (χ0) is 12.4. The summed E-state index contributed by atoms with van der Waals surface area (Å²) in [5.74, 6) is -0.190. The van der Waals surface area contributed by atoms with E-state index >= 15 is 0 Å². The maximum Gasteiger partial charge on any atom is 0.229 e. The lowest BCUT2D eigenvalue weighted by Crippen LogP contribution is -2.39. The Hall–Kier alpha value is -1.84. The average Bonchev–Trinajstić information content (AvgIpc) is 2.29. The van der Waals surface area contributed by atoms with Crippen molar-refractivity contribution in [3.63, 3.8) is 0 Å². The lowest BCUT2D eigenvalue weighted by atomic mass is 10.1. The third kappa shape index (κ3) is 2.30. The number of anilines is 1. The number of aryl methyl sites for hydroxylation is 1. The molecule has 0 aliphatic carbocycles. The lowest BCUT2D eigenvalue weighted by Gasteiger charge is -2.25. The van der Waals surface area contributed by atoms with E-state index in [0.29, 0.717) is 31.5 Å². The molecule has 2 rings (SSSR count). The Morgan fingerprint density at radius 2 is 1.88 bits per heavy atom. The Morgan fingerprint density at radius 1 is 1.24 bits per heavy atom. The van der Waals surface area contributed by atoms with Crippen molar-refractivity contribution in [3.05, 3.63) is 29.3 Å². The molecule has 0 bridgehead atoms. The fourth-order valence-electron chi connectivity index (χ4n) is 2.03. The summed E-state index contributed by atoms with van der Waals surface area (Å²) in [6, 6.07) is 5.66. The predicted octanol–water partition coefficient (Wildman–Crippen LogP) is 1.62. The largest absolute Gasteiger partial charge is 0.398 e. The van der Waals surface area contributed by atoms with E-state index in [-0.39, 0.29) is 11.8 Å². The van der Waals surface area contributed by atoms with Gasteiger partial charge < -0.3 is 5.73 Å². The first-order chi connectivity index (χ1) is 8.09. The van der Waals surface area contributed by atoms with Crippen LogP contribution in [-0.2, 0) is 16.1 Å². The number of nitrogens with two attached hydrogens (primary N) is 1. The van der Waals surface area contributed by atoms with Gasteiger partial charge in [0.25, 0.3) is 0 Å². The molecular formula is C13H16N2O2. The zero-order valence-electron chi connectivity index (χ0n) is 9.90. The Bertz CT molecular complexity index is 452. The van der Waals surface area contributed by atoms with Gasteiger partial charge in [-0.2, -0.15) is 0 Å². The van der Waals surface area contributed by atoms with E-state index < -0.39 is 0 Å². The molecule has 0 saturated carbocycles. The number of carbonyl (C=O) groups is 2.